The maximum Gasteiger partial charge on any atom is 0.252 e. The third-order valence-electron chi connectivity index (χ3n) is 6.15. The topological polar surface area (TPSA) is 74.4 Å². The molecule has 3 heterocycles. The molecule has 0 unspecified atom stereocenters. The summed E-state index contributed by atoms with van der Waals surface area (Å²) in [5, 5.41) is 9.31. The van der Waals surface area contributed by atoms with Crippen molar-refractivity contribution in [2.24, 2.45) is 7.05 Å². The molecule has 31 heavy (non-hydrogen) atoms. The second-order valence-electron chi connectivity index (χ2n) is 8.23. The Hall–Kier alpha value is -3.37. The number of nitriles is 1. The Bertz CT molecular complexity index is 1200. The van der Waals surface area contributed by atoms with Crippen LogP contribution in [0, 0.1) is 11.3 Å². The van der Waals surface area contributed by atoms with E-state index in [0.29, 0.717) is 11.2 Å². The van der Waals surface area contributed by atoms with Crippen molar-refractivity contribution >= 4 is 16.7 Å². The van der Waals surface area contributed by atoms with Crippen LogP contribution < -0.4 is 15.2 Å². The van der Waals surface area contributed by atoms with Gasteiger partial charge in [0.25, 0.3) is 5.56 Å². The number of benzene rings is 1. The molecule has 4 rings (SSSR count). The second-order valence-corrected chi connectivity index (χ2v) is 8.23. The Kier molecular flexibility index (Phi) is 5.66. The molecule has 0 radical (unpaired) electrons. The first kappa shape index (κ1) is 20.9. The molecule has 0 aliphatic carbocycles. The molecule has 0 amide bonds. The summed E-state index contributed by atoms with van der Waals surface area (Å²) in [6.45, 7) is 6.88. The number of anilines is 1. The summed E-state index contributed by atoms with van der Waals surface area (Å²) in [5.74, 6) is 0.858. The molecule has 0 saturated carbocycles. The van der Waals surface area contributed by atoms with E-state index in [-0.39, 0.29) is 17.6 Å². The lowest BCUT2D eigenvalue weighted by molar-refractivity contribution is 0.158. The van der Waals surface area contributed by atoms with E-state index in [9.17, 15) is 10.1 Å². The molecule has 3 aromatic rings. The molecule has 160 valence electrons. The molecular formula is C24H27N5O2. The number of aromatic nitrogens is 2. The zero-order valence-corrected chi connectivity index (χ0v) is 18.4. The van der Waals surface area contributed by atoms with Gasteiger partial charge in [-0.25, -0.2) is 4.98 Å². The van der Waals surface area contributed by atoms with E-state index in [4.69, 9.17) is 4.74 Å². The molecule has 0 N–H and O–H groups in total. The lowest BCUT2D eigenvalue weighted by Crippen LogP contribution is -2.56. The summed E-state index contributed by atoms with van der Waals surface area (Å²) < 4.78 is 6.84. The van der Waals surface area contributed by atoms with Gasteiger partial charge in [-0.1, -0.05) is 12.1 Å². The van der Waals surface area contributed by atoms with E-state index < -0.39 is 0 Å². The van der Waals surface area contributed by atoms with E-state index in [1.54, 1.807) is 36.9 Å². The van der Waals surface area contributed by atoms with Crippen molar-refractivity contribution in [2.75, 3.05) is 25.1 Å². The van der Waals surface area contributed by atoms with Crippen molar-refractivity contribution < 1.29 is 4.74 Å². The number of hydrogen-bond donors (Lipinski definition) is 0. The van der Waals surface area contributed by atoms with Crippen LogP contribution in [0.5, 0.6) is 5.75 Å². The van der Waals surface area contributed by atoms with Crippen molar-refractivity contribution in [3.63, 3.8) is 0 Å². The molecule has 7 nitrogen and oxygen atoms in total. The minimum absolute atomic E-state index is 0.0745. The quantitative estimate of drug-likeness (QED) is 0.650. The summed E-state index contributed by atoms with van der Waals surface area (Å²) in [6.07, 6.45) is 0. The molecule has 2 atom stereocenters. The lowest BCUT2D eigenvalue weighted by atomic mass is 10.0. The van der Waals surface area contributed by atoms with Gasteiger partial charge in [-0.2, -0.15) is 5.26 Å². The van der Waals surface area contributed by atoms with Gasteiger partial charge in [0, 0.05) is 44.8 Å². The van der Waals surface area contributed by atoms with Crippen molar-refractivity contribution in [3.8, 4) is 11.8 Å². The lowest BCUT2D eigenvalue weighted by Gasteiger charge is -2.45. The smallest absolute Gasteiger partial charge is 0.252 e. The minimum atomic E-state index is -0.0745. The normalized spacial score (nSPS) is 19.4. The van der Waals surface area contributed by atoms with E-state index in [1.807, 2.05) is 12.1 Å². The van der Waals surface area contributed by atoms with Crippen LogP contribution in [0.25, 0.3) is 11.0 Å². The van der Waals surface area contributed by atoms with Gasteiger partial charge in [0.05, 0.1) is 18.3 Å². The zero-order chi connectivity index (χ0) is 22.1. The second kappa shape index (κ2) is 8.40. The van der Waals surface area contributed by atoms with Gasteiger partial charge >= 0.3 is 0 Å². The molecule has 1 aromatic carbocycles. The maximum atomic E-state index is 12.6. The standard InChI is InChI=1S/C24H27N5O2/c1-16-14-29(17(2)13-28(16)15-18-5-8-20(31-4)9-6-18)22-11-23(30)27(3)21-10-7-19(12-25)26-24(21)22/h5-11,16-17H,13-15H2,1-4H3/t16-,17+/m1/s1. The highest BCUT2D eigenvalue weighted by molar-refractivity contribution is 5.89. The Morgan fingerprint density at radius 2 is 1.87 bits per heavy atom. The number of hydrogen-bond acceptors (Lipinski definition) is 6. The molecule has 1 aliphatic rings. The Balaban J connectivity index is 1.63. The molecule has 1 saturated heterocycles. The van der Waals surface area contributed by atoms with E-state index in [0.717, 1.165) is 36.6 Å². The summed E-state index contributed by atoms with van der Waals surface area (Å²) in [4.78, 5) is 21.9. The van der Waals surface area contributed by atoms with E-state index in [2.05, 4.69) is 46.8 Å². The van der Waals surface area contributed by atoms with Gasteiger partial charge in [-0.3, -0.25) is 9.69 Å². The van der Waals surface area contributed by atoms with Crippen LogP contribution in [0.1, 0.15) is 25.1 Å². The van der Waals surface area contributed by atoms with Gasteiger partial charge in [-0.05, 0) is 43.7 Å². The predicted octanol–water partition coefficient (Wildman–Crippen LogP) is 2.91. The number of piperazine rings is 1. The fourth-order valence-corrected chi connectivity index (χ4v) is 4.31. The van der Waals surface area contributed by atoms with Crippen molar-refractivity contribution in [1.82, 2.24) is 14.5 Å². The number of pyridine rings is 2. The summed E-state index contributed by atoms with van der Waals surface area (Å²) in [5.41, 5.74) is 3.76. The van der Waals surface area contributed by atoms with Crippen molar-refractivity contribution in [3.05, 3.63) is 64.1 Å². The third kappa shape index (κ3) is 3.99. The van der Waals surface area contributed by atoms with Crippen LogP contribution >= 0.6 is 0 Å². The number of fused-ring (bicyclic) bond motifs is 1. The average Bonchev–Trinajstić information content (AvgIpc) is 2.78. The first-order chi connectivity index (χ1) is 14.9. The van der Waals surface area contributed by atoms with Crippen molar-refractivity contribution in [1.29, 1.82) is 5.26 Å². The van der Waals surface area contributed by atoms with Gasteiger partial charge in [-0.15, -0.1) is 0 Å². The summed E-state index contributed by atoms with van der Waals surface area (Å²) in [6, 6.07) is 15.9. The molecule has 1 aliphatic heterocycles. The average molecular weight is 418 g/mol. The van der Waals surface area contributed by atoms with Gasteiger partial charge in [0.15, 0.2) is 0 Å². The largest absolute Gasteiger partial charge is 0.497 e. The molecule has 0 bridgehead atoms. The van der Waals surface area contributed by atoms with Crippen LogP contribution in [0.4, 0.5) is 5.69 Å². The summed E-state index contributed by atoms with van der Waals surface area (Å²) >= 11 is 0. The minimum Gasteiger partial charge on any atom is -0.497 e. The van der Waals surface area contributed by atoms with E-state index in [1.165, 1.54) is 5.56 Å². The highest BCUT2D eigenvalue weighted by atomic mass is 16.5. The molecule has 1 fully saturated rings. The highest BCUT2D eigenvalue weighted by Gasteiger charge is 2.31. The van der Waals surface area contributed by atoms with Crippen molar-refractivity contribution in [2.45, 2.75) is 32.5 Å². The number of aryl methyl sites for hydroxylation is 1. The van der Waals surface area contributed by atoms with Crippen LogP contribution in [0.3, 0.4) is 0 Å². The SMILES string of the molecule is COc1ccc(CN2C[C@H](C)N(c3cc(=O)n(C)c4ccc(C#N)nc34)C[C@H]2C)cc1. The van der Waals surface area contributed by atoms with Crippen LogP contribution in [-0.2, 0) is 13.6 Å². The van der Waals surface area contributed by atoms with Gasteiger partial charge < -0.3 is 14.2 Å². The van der Waals surface area contributed by atoms with Crippen LogP contribution in [0.2, 0.25) is 0 Å². The highest BCUT2D eigenvalue weighted by Crippen LogP contribution is 2.29. The number of methoxy groups -OCH3 is 1. The third-order valence-corrected chi connectivity index (χ3v) is 6.15. The Morgan fingerprint density at radius 1 is 1.13 bits per heavy atom. The fraction of sp³-hybridized carbons (Fsp3) is 0.375. The number of ether oxygens (including phenoxy) is 1. The number of nitrogens with zero attached hydrogens (tertiary/aromatic N) is 5. The monoisotopic (exact) mass is 417 g/mol. The van der Waals surface area contributed by atoms with Crippen LogP contribution in [-0.4, -0.2) is 46.7 Å². The Labute approximate surface area is 182 Å². The molecular weight excluding hydrogens is 390 g/mol. The maximum absolute atomic E-state index is 12.6. The van der Waals surface area contributed by atoms with Crippen LogP contribution in [0.15, 0.2) is 47.3 Å². The fourth-order valence-electron chi connectivity index (χ4n) is 4.31. The van der Waals surface area contributed by atoms with Gasteiger partial charge in [0.2, 0.25) is 0 Å². The zero-order valence-electron chi connectivity index (χ0n) is 18.4. The molecule has 2 aromatic heterocycles. The number of rotatable bonds is 4. The van der Waals surface area contributed by atoms with E-state index >= 15 is 0 Å². The van der Waals surface area contributed by atoms with Gasteiger partial charge in [0.1, 0.15) is 23.0 Å². The molecule has 0 spiro atoms. The summed E-state index contributed by atoms with van der Waals surface area (Å²) in [7, 11) is 3.41. The first-order valence-electron chi connectivity index (χ1n) is 10.5. The molecule has 7 heteroatoms. The predicted molar refractivity (Wildman–Crippen MR) is 121 cm³/mol. The Morgan fingerprint density at radius 3 is 2.55 bits per heavy atom. The first-order valence-corrected chi connectivity index (χ1v) is 10.5.